The van der Waals surface area contributed by atoms with Crippen LogP contribution in [-0.4, -0.2) is 36.0 Å². The van der Waals surface area contributed by atoms with Crippen molar-refractivity contribution in [1.82, 2.24) is 14.5 Å². The van der Waals surface area contributed by atoms with Crippen LogP contribution in [-0.2, 0) is 10.0 Å². The van der Waals surface area contributed by atoms with Crippen LogP contribution in [0, 0.1) is 12.7 Å². The Hall–Kier alpha value is -2.58. The highest BCUT2D eigenvalue weighted by atomic mass is 32.2. The van der Waals surface area contributed by atoms with Gasteiger partial charge >= 0.3 is 0 Å². The molecule has 6 nitrogen and oxygen atoms in total. The molecule has 8 heteroatoms. The molecule has 0 aliphatic carbocycles. The number of aryl methyl sites for hydroxylation is 1. The zero-order valence-corrected chi connectivity index (χ0v) is 16.1. The molecule has 0 atom stereocenters. The minimum Gasteiger partial charge on any atom is -0.416 e. The van der Waals surface area contributed by atoms with E-state index in [0.29, 0.717) is 24.2 Å². The van der Waals surface area contributed by atoms with E-state index in [4.69, 9.17) is 4.42 Å². The smallest absolute Gasteiger partial charge is 0.248 e. The van der Waals surface area contributed by atoms with Gasteiger partial charge in [0, 0.05) is 24.2 Å². The summed E-state index contributed by atoms with van der Waals surface area (Å²) >= 11 is 0. The molecule has 1 heterocycles. The monoisotopic (exact) mass is 389 g/mol. The summed E-state index contributed by atoms with van der Waals surface area (Å²) in [5.74, 6) is 0.0912. The second-order valence-corrected chi connectivity index (χ2v) is 7.92. The fraction of sp³-hybridized carbons (Fsp3) is 0.263. The number of nitrogens with zero attached hydrogens (tertiary/aromatic N) is 3. The van der Waals surface area contributed by atoms with Crippen LogP contribution in [0.1, 0.15) is 19.4 Å². The van der Waals surface area contributed by atoms with Crippen molar-refractivity contribution in [3.05, 3.63) is 53.8 Å². The molecule has 0 fully saturated rings. The molecule has 0 bridgehead atoms. The largest absolute Gasteiger partial charge is 0.416 e. The molecule has 3 aromatic rings. The van der Waals surface area contributed by atoms with Gasteiger partial charge in [0.25, 0.3) is 0 Å². The van der Waals surface area contributed by atoms with Crippen LogP contribution in [0.2, 0.25) is 0 Å². The molecule has 3 rings (SSSR count). The molecule has 0 spiro atoms. The van der Waals surface area contributed by atoms with Gasteiger partial charge in [0.1, 0.15) is 5.82 Å². The van der Waals surface area contributed by atoms with Gasteiger partial charge in [-0.25, -0.2) is 12.8 Å². The zero-order chi connectivity index (χ0) is 19.6. The zero-order valence-electron chi connectivity index (χ0n) is 15.3. The van der Waals surface area contributed by atoms with E-state index in [0.717, 1.165) is 5.56 Å². The van der Waals surface area contributed by atoms with E-state index in [9.17, 15) is 12.8 Å². The lowest BCUT2D eigenvalue weighted by Gasteiger charge is -2.19. The number of sulfonamides is 1. The van der Waals surface area contributed by atoms with Gasteiger partial charge < -0.3 is 4.42 Å². The first-order valence-electron chi connectivity index (χ1n) is 8.57. The van der Waals surface area contributed by atoms with E-state index in [1.54, 1.807) is 44.2 Å². The summed E-state index contributed by atoms with van der Waals surface area (Å²) < 4.78 is 45.7. The molecule has 142 valence electrons. The second-order valence-electron chi connectivity index (χ2n) is 5.99. The topological polar surface area (TPSA) is 76.3 Å². The number of hydrogen-bond acceptors (Lipinski definition) is 5. The summed E-state index contributed by atoms with van der Waals surface area (Å²) in [5, 5.41) is 8.03. The van der Waals surface area contributed by atoms with Gasteiger partial charge in [-0.05, 0) is 48.9 Å². The number of rotatable bonds is 6. The van der Waals surface area contributed by atoms with Gasteiger partial charge in [0.2, 0.25) is 21.8 Å². The second kappa shape index (κ2) is 7.58. The molecular formula is C19H20FN3O3S. The summed E-state index contributed by atoms with van der Waals surface area (Å²) in [4.78, 5) is 0.174. The normalized spacial score (nSPS) is 11.9. The maximum absolute atomic E-state index is 13.1. The molecule has 0 unspecified atom stereocenters. The third-order valence-corrected chi connectivity index (χ3v) is 6.34. The predicted molar refractivity (Wildman–Crippen MR) is 100.0 cm³/mol. The Morgan fingerprint density at radius 2 is 1.63 bits per heavy atom. The van der Waals surface area contributed by atoms with Gasteiger partial charge in [0.05, 0.1) is 4.90 Å². The Balaban J connectivity index is 2.02. The Labute approximate surface area is 157 Å². The first kappa shape index (κ1) is 19.2. The van der Waals surface area contributed by atoms with Crippen LogP contribution in [0.25, 0.3) is 22.9 Å². The lowest BCUT2D eigenvalue weighted by atomic mass is 10.1. The standard InChI is InChI=1S/C19H20FN3O3S/c1-4-23(5-2)27(24,25)16-11-6-13(3)17(12-16)19-22-21-18(26-19)14-7-9-15(20)10-8-14/h6-12H,4-5H2,1-3H3. The van der Waals surface area contributed by atoms with Crippen molar-refractivity contribution in [2.24, 2.45) is 0 Å². The molecule has 1 aromatic heterocycles. The lowest BCUT2D eigenvalue weighted by Crippen LogP contribution is -2.30. The maximum Gasteiger partial charge on any atom is 0.248 e. The Morgan fingerprint density at radius 3 is 2.26 bits per heavy atom. The molecule has 0 amide bonds. The first-order chi connectivity index (χ1) is 12.9. The van der Waals surface area contributed by atoms with Crippen molar-refractivity contribution in [2.75, 3.05) is 13.1 Å². The Bertz CT molecular complexity index is 1040. The van der Waals surface area contributed by atoms with Crippen LogP contribution in [0.15, 0.2) is 51.8 Å². The molecule has 0 saturated heterocycles. The third-order valence-electron chi connectivity index (χ3n) is 4.30. The number of aromatic nitrogens is 2. The molecular weight excluding hydrogens is 369 g/mol. The summed E-state index contributed by atoms with van der Waals surface area (Å²) in [6.07, 6.45) is 0. The van der Waals surface area contributed by atoms with Crippen molar-refractivity contribution < 1.29 is 17.2 Å². The third kappa shape index (κ3) is 3.77. The molecule has 0 N–H and O–H groups in total. The molecule has 27 heavy (non-hydrogen) atoms. The Kier molecular flexibility index (Phi) is 5.38. The van der Waals surface area contributed by atoms with E-state index >= 15 is 0 Å². The van der Waals surface area contributed by atoms with E-state index in [1.165, 1.54) is 16.4 Å². The lowest BCUT2D eigenvalue weighted by molar-refractivity contribution is 0.445. The summed E-state index contributed by atoms with van der Waals surface area (Å²) in [7, 11) is -3.60. The van der Waals surface area contributed by atoms with Crippen LogP contribution in [0.3, 0.4) is 0 Å². The number of hydrogen-bond donors (Lipinski definition) is 0. The van der Waals surface area contributed by atoms with Crippen molar-refractivity contribution in [2.45, 2.75) is 25.7 Å². The molecule has 0 radical (unpaired) electrons. The van der Waals surface area contributed by atoms with E-state index in [-0.39, 0.29) is 22.5 Å². The fourth-order valence-electron chi connectivity index (χ4n) is 2.75. The van der Waals surface area contributed by atoms with Gasteiger partial charge in [-0.15, -0.1) is 10.2 Å². The summed E-state index contributed by atoms with van der Waals surface area (Å²) in [6.45, 7) is 6.20. The Morgan fingerprint density at radius 1 is 1.00 bits per heavy atom. The van der Waals surface area contributed by atoms with Gasteiger partial charge in [-0.3, -0.25) is 0 Å². The number of halogens is 1. The van der Waals surface area contributed by atoms with Crippen molar-refractivity contribution in [3.63, 3.8) is 0 Å². The van der Waals surface area contributed by atoms with Gasteiger partial charge in [-0.2, -0.15) is 4.31 Å². The summed E-state index contributed by atoms with van der Waals surface area (Å²) in [5.41, 5.74) is 1.94. The minimum atomic E-state index is -3.60. The van der Waals surface area contributed by atoms with Crippen molar-refractivity contribution in [1.29, 1.82) is 0 Å². The maximum atomic E-state index is 13.1. The van der Waals surface area contributed by atoms with E-state index < -0.39 is 10.0 Å². The fourth-order valence-corrected chi connectivity index (χ4v) is 4.23. The SMILES string of the molecule is CCN(CC)S(=O)(=O)c1ccc(C)c(-c2nnc(-c3ccc(F)cc3)o2)c1. The van der Waals surface area contributed by atoms with Gasteiger partial charge in [-0.1, -0.05) is 19.9 Å². The predicted octanol–water partition coefficient (Wildman–Crippen LogP) is 3.88. The van der Waals surface area contributed by atoms with Crippen molar-refractivity contribution >= 4 is 10.0 Å². The van der Waals surface area contributed by atoms with Gasteiger partial charge in [0.15, 0.2) is 0 Å². The average Bonchev–Trinajstić information content (AvgIpc) is 3.13. The molecule has 0 saturated carbocycles. The minimum absolute atomic E-state index is 0.174. The highest BCUT2D eigenvalue weighted by Crippen LogP contribution is 2.29. The van der Waals surface area contributed by atoms with Crippen LogP contribution < -0.4 is 0 Å². The van der Waals surface area contributed by atoms with Crippen LogP contribution in [0.5, 0.6) is 0 Å². The van der Waals surface area contributed by atoms with Crippen molar-refractivity contribution in [3.8, 4) is 22.9 Å². The first-order valence-corrected chi connectivity index (χ1v) is 10.0. The molecule has 0 aliphatic heterocycles. The highest BCUT2D eigenvalue weighted by molar-refractivity contribution is 7.89. The highest BCUT2D eigenvalue weighted by Gasteiger charge is 2.23. The van der Waals surface area contributed by atoms with Crippen LogP contribution in [0.4, 0.5) is 4.39 Å². The van der Waals surface area contributed by atoms with Crippen LogP contribution >= 0.6 is 0 Å². The van der Waals surface area contributed by atoms with E-state index in [1.807, 2.05) is 6.92 Å². The summed E-state index contributed by atoms with van der Waals surface area (Å²) in [6, 6.07) is 10.5. The quantitative estimate of drug-likeness (QED) is 0.639. The molecule has 2 aromatic carbocycles. The van der Waals surface area contributed by atoms with E-state index in [2.05, 4.69) is 10.2 Å². The number of benzene rings is 2. The average molecular weight is 389 g/mol. The molecule has 0 aliphatic rings.